The third-order valence-corrected chi connectivity index (χ3v) is 4.21. The minimum absolute atomic E-state index is 0.144. The fraction of sp³-hybridized carbons (Fsp3) is 0.375. The van der Waals surface area contributed by atoms with E-state index in [4.69, 9.17) is 5.11 Å². The van der Waals surface area contributed by atoms with Crippen LogP contribution >= 0.6 is 15.9 Å². The highest BCUT2D eigenvalue weighted by Gasteiger charge is 2.13. The molecule has 0 amide bonds. The number of methoxy groups -OCH3 is 1. The standard InChI is InChI=1S/C16H18BrNO4/c1-22-15(21)8-7-11-10-18(9-3-6-14(19)20)13-5-2-4-12(17)16(11)13/h2,4-5,10H,3,6-9H2,1H3,(H,19,20). The number of aromatic nitrogens is 1. The lowest BCUT2D eigenvalue weighted by Gasteiger charge is -2.04. The first-order chi connectivity index (χ1) is 10.5. The number of aliphatic carboxylic acids is 1. The molecule has 2 rings (SSSR count). The predicted molar refractivity (Wildman–Crippen MR) is 86.8 cm³/mol. The van der Waals surface area contributed by atoms with Crippen molar-refractivity contribution < 1.29 is 19.4 Å². The van der Waals surface area contributed by atoms with Gasteiger partial charge in [-0.3, -0.25) is 9.59 Å². The van der Waals surface area contributed by atoms with Crippen LogP contribution < -0.4 is 0 Å². The van der Waals surface area contributed by atoms with Gasteiger partial charge in [0.25, 0.3) is 0 Å². The Hall–Kier alpha value is -1.82. The van der Waals surface area contributed by atoms with Gasteiger partial charge in [-0.25, -0.2) is 0 Å². The summed E-state index contributed by atoms with van der Waals surface area (Å²) in [6, 6.07) is 5.91. The number of benzene rings is 1. The van der Waals surface area contributed by atoms with Gasteiger partial charge in [-0.1, -0.05) is 22.0 Å². The largest absolute Gasteiger partial charge is 0.481 e. The number of nitrogens with zero attached hydrogens (tertiary/aromatic N) is 1. The van der Waals surface area contributed by atoms with Crippen LogP contribution in [0.5, 0.6) is 0 Å². The van der Waals surface area contributed by atoms with Crippen molar-refractivity contribution in [2.24, 2.45) is 0 Å². The molecule has 1 N–H and O–H groups in total. The Morgan fingerprint density at radius 3 is 2.77 bits per heavy atom. The van der Waals surface area contributed by atoms with Gasteiger partial charge in [-0.15, -0.1) is 0 Å². The molecular weight excluding hydrogens is 350 g/mol. The van der Waals surface area contributed by atoms with E-state index in [0.717, 1.165) is 20.9 Å². The maximum atomic E-state index is 11.4. The van der Waals surface area contributed by atoms with Crippen molar-refractivity contribution in [2.75, 3.05) is 7.11 Å². The van der Waals surface area contributed by atoms with Crippen LogP contribution in [0.15, 0.2) is 28.9 Å². The molecule has 0 unspecified atom stereocenters. The lowest BCUT2D eigenvalue weighted by atomic mass is 10.1. The quantitative estimate of drug-likeness (QED) is 0.761. The monoisotopic (exact) mass is 367 g/mol. The van der Waals surface area contributed by atoms with Crippen molar-refractivity contribution in [3.05, 3.63) is 34.4 Å². The number of hydrogen-bond acceptors (Lipinski definition) is 3. The maximum absolute atomic E-state index is 11.4. The molecule has 0 aliphatic heterocycles. The Kier molecular flexibility index (Phi) is 5.60. The lowest BCUT2D eigenvalue weighted by Crippen LogP contribution is -2.02. The van der Waals surface area contributed by atoms with Crippen LogP contribution in [0, 0.1) is 0 Å². The molecule has 0 aliphatic carbocycles. The molecule has 1 heterocycles. The van der Waals surface area contributed by atoms with E-state index in [1.807, 2.05) is 24.4 Å². The third-order valence-electron chi connectivity index (χ3n) is 3.55. The van der Waals surface area contributed by atoms with Crippen LogP contribution in [0.2, 0.25) is 0 Å². The molecule has 0 atom stereocenters. The number of aryl methyl sites for hydroxylation is 2. The second kappa shape index (κ2) is 7.45. The van der Waals surface area contributed by atoms with Crippen LogP contribution in [0.25, 0.3) is 10.9 Å². The summed E-state index contributed by atoms with van der Waals surface area (Å²) in [4.78, 5) is 22.0. The van der Waals surface area contributed by atoms with E-state index in [0.29, 0.717) is 25.8 Å². The van der Waals surface area contributed by atoms with Gasteiger partial charge in [0.1, 0.15) is 0 Å². The van der Waals surface area contributed by atoms with Crippen LogP contribution in [0.4, 0.5) is 0 Å². The van der Waals surface area contributed by atoms with Gasteiger partial charge in [0.2, 0.25) is 0 Å². The summed E-state index contributed by atoms with van der Waals surface area (Å²) < 4.78 is 7.71. The highest BCUT2D eigenvalue weighted by atomic mass is 79.9. The van der Waals surface area contributed by atoms with Crippen molar-refractivity contribution in [3.8, 4) is 0 Å². The highest BCUT2D eigenvalue weighted by molar-refractivity contribution is 9.10. The average molecular weight is 368 g/mol. The van der Waals surface area contributed by atoms with Gasteiger partial charge in [0.05, 0.1) is 7.11 Å². The maximum Gasteiger partial charge on any atom is 0.305 e. The predicted octanol–water partition coefficient (Wildman–Crippen LogP) is 3.37. The van der Waals surface area contributed by atoms with E-state index in [1.165, 1.54) is 7.11 Å². The zero-order valence-electron chi connectivity index (χ0n) is 12.3. The number of carbonyl (C=O) groups is 2. The number of fused-ring (bicyclic) bond motifs is 1. The third kappa shape index (κ3) is 3.88. The minimum Gasteiger partial charge on any atom is -0.481 e. The van der Waals surface area contributed by atoms with Crippen LogP contribution in [-0.2, 0) is 27.3 Å². The van der Waals surface area contributed by atoms with Crippen molar-refractivity contribution in [1.82, 2.24) is 4.57 Å². The molecule has 0 saturated carbocycles. The summed E-state index contributed by atoms with van der Waals surface area (Å²) in [7, 11) is 1.38. The zero-order valence-corrected chi connectivity index (χ0v) is 13.9. The van der Waals surface area contributed by atoms with E-state index in [1.54, 1.807) is 0 Å². The van der Waals surface area contributed by atoms with Gasteiger partial charge in [0, 0.05) is 41.0 Å². The second-order valence-corrected chi connectivity index (χ2v) is 5.91. The number of esters is 1. The normalized spacial score (nSPS) is 10.8. The molecule has 22 heavy (non-hydrogen) atoms. The van der Waals surface area contributed by atoms with Gasteiger partial charge < -0.3 is 14.4 Å². The summed E-state index contributed by atoms with van der Waals surface area (Å²) in [5.41, 5.74) is 2.10. The first kappa shape index (κ1) is 16.5. The Labute approximate surface area is 137 Å². The molecule has 0 bridgehead atoms. The lowest BCUT2D eigenvalue weighted by molar-refractivity contribution is -0.140. The summed E-state index contributed by atoms with van der Waals surface area (Å²) >= 11 is 3.55. The number of hydrogen-bond donors (Lipinski definition) is 1. The Morgan fingerprint density at radius 2 is 2.09 bits per heavy atom. The molecule has 0 spiro atoms. The van der Waals surface area contributed by atoms with Crippen molar-refractivity contribution >= 4 is 38.8 Å². The molecule has 5 nitrogen and oxygen atoms in total. The first-order valence-corrected chi connectivity index (χ1v) is 7.87. The number of carboxylic acids is 1. The van der Waals surface area contributed by atoms with E-state index >= 15 is 0 Å². The van der Waals surface area contributed by atoms with Crippen LogP contribution in [0.3, 0.4) is 0 Å². The van der Waals surface area contributed by atoms with Gasteiger partial charge >= 0.3 is 11.9 Å². The number of rotatable bonds is 7. The molecule has 0 saturated heterocycles. The van der Waals surface area contributed by atoms with Crippen LogP contribution in [-0.4, -0.2) is 28.7 Å². The van der Waals surface area contributed by atoms with Gasteiger partial charge in [-0.05, 0) is 30.5 Å². The fourth-order valence-electron chi connectivity index (χ4n) is 2.51. The van der Waals surface area contributed by atoms with E-state index in [-0.39, 0.29) is 12.4 Å². The average Bonchev–Trinajstić information content (AvgIpc) is 2.84. The molecule has 1 aromatic carbocycles. The van der Waals surface area contributed by atoms with Crippen LogP contribution in [0.1, 0.15) is 24.8 Å². The fourth-order valence-corrected chi connectivity index (χ4v) is 3.12. The molecule has 1 aromatic heterocycles. The highest BCUT2D eigenvalue weighted by Crippen LogP contribution is 2.30. The van der Waals surface area contributed by atoms with Crippen molar-refractivity contribution in [1.29, 1.82) is 0 Å². The topological polar surface area (TPSA) is 68.5 Å². The first-order valence-electron chi connectivity index (χ1n) is 7.07. The van der Waals surface area contributed by atoms with Crippen molar-refractivity contribution in [2.45, 2.75) is 32.2 Å². The number of halogens is 1. The second-order valence-electron chi connectivity index (χ2n) is 5.06. The molecule has 6 heteroatoms. The summed E-state index contributed by atoms with van der Waals surface area (Å²) in [6.07, 6.45) is 3.64. The van der Waals surface area contributed by atoms with E-state index in [2.05, 4.69) is 25.2 Å². The zero-order chi connectivity index (χ0) is 16.1. The Morgan fingerprint density at radius 1 is 1.32 bits per heavy atom. The Bertz CT molecular complexity index is 693. The molecule has 0 radical (unpaired) electrons. The number of carboxylic acid groups (broad SMARTS) is 1. The molecule has 118 valence electrons. The number of carbonyl (C=O) groups excluding carboxylic acids is 1. The summed E-state index contributed by atoms with van der Waals surface area (Å²) in [5, 5.41) is 9.83. The Balaban J connectivity index is 2.27. The van der Waals surface area contributed by atoms with Gasteiger partial charge in [-0.2, -0.15) is 0 Å². The van der Waals surface area contributed by atoms with E-state index < -0.39 is 5.97 Å². The number of ether oxygens (including phenoxy) is 1. The van der Waals surface area contributed by atoms with Gasteiger partial charge in [0.15, 0.2) is 0 Å². The molecular formula is C16H18BrNO4. The molecule has 0 fully saturated rings. The van der Waals surface area contributed by atoms with Crippen molar-refractivity contribution in [3.63, 3.8) is 0 Å². The molecule has 0 aliphatic rings. The summed E-state index contributed by atoms with van der Waals surface area (Å²) in [5.74, 6) is -1.03. The smallest absolute Gasteiger partial charge is 0.305 e. The summed E-state index contributed by atoms with van der Waals surface area (Å²) in [6.45, 7) is 0.636. The minimum atomic E-state index is -0.788. The van der Waals surface area contributed by atoms with E-state index in [9.17, 15) is 9.59 Å². The molecule has 2 aromatic rings. The SMILES string of the molecule is COC(=O)CCc1cn(CCCC(=O)O)c2cccc(Br)c12.